The lowest BCUT2D eigenvalue weighted by Crippen LogP contribution is -2.55. The maximum Gasteiger partial charge on any atom is 0.433 e. The maximum atomic E-state index is 14.3. The lowest BCUT2D eigenvalue weighted by molar-refractivity contribution is -0.141. The van der Waals surface area contributed by atoms with Crippen LogP contribution in [0.25, 0.3) is 5.69 Å². The molecule has 1 aliphatic rings. The summed E-state index contributed by atoms with van der Waals surface area (Å²) < 4.78 is 56.3. The summed E-state index contributed by atoms with van der Waals surface area (Å²) in [6.07, 6.45) is -0.261. The number of fused-ring (bicyclic) bond motifs is 1. The van der Waals surface area contributed by atoms with E-state index in [9.17, 15) is 31.9 Å². The predicted octanol–water partition coefficient (Wildman–Crippen LogP) is 4.19. The van der Waals surface area contributed by atoms with Crippen molar-refractivity contribution in [2.24, 2.45) is 0 Å². The number of alkyl halides is 3. The van der Waals surface area contributed by atoms with Crippen LogP contribution in [-0.4, -0.2) is 59.8 Å². The number of rotatable bonds is 10. The van der Waals surface area contributed by atoms with Crippen LogP contribution < -0.4 is 15.5 Å². The molecule has 50 heavy (non-hydrogen) atoms. The van der Waals surface area contributed by atoms with Crippen molar-refractivity contribution in [1.82, 2.24) is 40.2 Å². The topological polar surface area (TPSA) is 140 Å². The molecule has 0 saturated carbocycles. The molecule has 2 atom stereocenters. The van der Waals surface area contributed by atoms with Gasteiger partial charge in [-0.2, -0.15) is 23.4 Å². The van der Waals surface area contributed by atoms with E-state index in [1.165, 1.54) is 9.58 Å². The van der Waals surface area contributed by atoms with E-state index in [0.717, 1.165) is 18.6 Å². The third-order valence-electron chi connectivity index (χ3n) is 8.02. The molecule has 0 aliphatic carbocycles. The van der Waals surface area contributed by atoms with Gasteiger partial charge in [0.15, 0.2) is 5.82 Å². The summed E-state index contributed by atoms with van der Waals surface area (Å²) in [4.78, 5) is 49.0. The lowest BCUT2D eigenvalue weighted by atomic mass is 9.82. The van der Waals surface area contributed by atoms with Crippen molar-refractivity contribution < 1.29 is 31.9 Å². The molecule has 0 radical (unpaired) electrons. The molecule has 1 aliphatic heterocycles. The number of amides is 3. The van der Waals surface area contributed by atoms with Gasteiger partial charge in [-0.25, -0.2) is 19.0 Å². The Balaban J connectivity index is 1.34. The van der Waals surface area contributed by atoms with E-state index < -0.39 is 53.2 Å². The van der Waals surface area contributed by atoms with E-state index in [1.54, 1.807) is 42.1 Å². The van der Waals surface area contributed by atoms with Crippen molar-refractivity contribution in [2.75, 3.05) is 11.4 Å². The van der Waals surface area contributed by atoms with Crippen molar-refractivity contribution in [2.45, 2.75) is 38.1 Å². The molecule has 4 heterocycles. The van der Waals surface area contributed by atoms with Crippen LogP contribution in [0.3, 0.4) is 0 Å². The number of benzene rings is 2. The normalized spacial score (nSPS) is 15.8. The number of halogens is 4. The monoisotopic (exact) mass is 687 g/mol. The fourth-order valence-electron chi connectivity index (χ4n) is 5.75. The van der Waals surface area contributed by atoms with Crippen LogP contribution in [0, 0.1) is 5.82 Å². The second-order valence-electron chi connectivity index (χ2n) is 11.3. The number of carbonyl (C=O) groups excluding carboxylic acids is 3. The van der Waals surface area contributed by atoms with E-state index in [4.69, 9.17) is 0 Å². The highest BCUT2D eigenvalue weighted by atomic mass is 19.4. The SMILES string of the molecule is C=C(Cn1cc(F)cn1)C(=O)NCc1cccc([C@@H]2c3cnn(-c4ccccc4)c3N(CC)C(=O)[C@H]2NC(=O)c2nccc(C(F)(F)F)n2)c1. The number of carbonyl (C=O) groups is 3. The van der Waals surface area contributed by atoms with Crippen LogP contribution in [0.2, 0.25) is 0 Å². The number of para-hydroxylation sites is 1. The zero-order valence-corrected chi connectivity index (χ0v) is 26.4. The smallest absolute Gasteiger partial charge is 0.348 e. The van der Waals surface area contributed by atoms with Crippen molar-refractivity contribution in [3.63, 3.8) is 0 Å². The molecule has 2 N–H and O–H groups in total. The van der Waals surface area contributed by atoms with Crippen LogP contribution in [0.4, 0.5) is 23.4 Å². The van der Waals surface area contributed by atoms with Gasteiger partial charge in [0.2, 0.25) is 11.7 Å². The van der Waals surface area contributed by atoms with Gasteiger partial charge in [0.05, 0.1) is 30.8 Å². The molecule has 5 aromatic rings. The minimum absolute atomic E-state index is 0.0287. The van der Waals surface area contributed by atoms with Gasteiger partial charge in [-0.1, -0.05) is 49.0 Å². The third-order valence-corrected chi connectivity index (χ3v) is 8.02. The number of nitrogens with zero attached hydrogens (tertiary/aromatic N) is 7. The van der Waals surface area contributed by atoms with Gasteiger partial charge in [0, 0.05) is 36.3 Å². The first-order valence-electron chi connectivity index (χ1n) is 15.3. The Morgan fingerprint density at radius 2 is 1.80 bits per heavy atom. The summed E-state index contributed by atoms with van der Waals surface area (Å²) in [6.45, 7) is 5.71. The third kappa shape index (κ3) is 6.85. The average molecular weight is 688 g/mol. The van der Waals surface area contributed by atoms with Gasteiger partial charge in [0.1, 0.15) is 17.6 Å². The molecule has 12 nitrogen and oxygen atoms in total. The lowest BCUT2D eigenvalue weighted by Gasteiger charge is -2.38. The van der Waals surface area contributed by atoms with Gasteiger partial charge in [-0.05, 0) is 36.2 Å². The fraction of sp³-hybridized carbons (Fsp3) is 0.206. The first kappa shape index (κ1) is 33.7. The van der Waals surface area contributed by atoms with Gasteiger partial charge >= 0.3 is 6.18 Å². The molecular formula is C34H29F4N9O3. The Bertz CT molecular complexity index is 2080. The highest BCUT2D eigenvalue weighted by molar-refractivity contribution is 6.04. The first-order chi connectivity index (χ1) is 23.9. The summed E-state index contributed by atoms with van der Waals surface area (Å²) >= 11 is 0. The Morgan fingerprint density at radius 3 is 2.50 bits per heavy atom. The summed E-state index contributed by atoms with van der Waals surface area (Å²) in [6, 6.07) is 15.4. The molecule has 256 valence electrons. The van der Waals surface area contributed by atoms with Crippen molar-refractivity contribution in [3.05, 3.63) is 132 Å². The van der Waals surface area contributed by atoms with E-state index in [0.29, 0.717) is 34.3 Å². The number of anilines is 1. The minimum atomic E-state index is -4.82. The van der Waals surface area contributed by atoms with Crippen LogP contribution >= 0.6 is 0 Å². The number of hydrogen-bond donors (Lipinski definition) is 2. The minimum Gasteiger partial charge on any atom is -0.348 e. The summed E-state index contributed by atoms with van der Waals surface area (Å²) in [5.41, 5.74) is 1.25. The zero-order valence-electron chi connectivity index (χ0n) is 26.4. The molecule has 0 unspecified atom stereocenters. The van der Waals surface area contributed by atoms with Crippen LogP contribution in [-0.2, 0) is 28.9 Å². The average Bonchev–Trinajstić information content (AvgIpc) is 3.73. The Kier molecular flexibility index (Phi) is 9.26. The van der Waals surface area contributed by atoms with Crippen LogP contribution in [0.5, 0.6) is 0 Å². The molecule has 0 fully saturated rings. The zero-order chi connectivity index (χ0) is 35.6. The second kappa shape index (κ2) is 13.7. The highest BCUT2D eigenvalue weighted by Gasteiger charge is 2.45. The molecule has 16 heteroatoms. The number of aromatic nitrogens is 6. The van der Waals surface area contributed by atoms with Gasteiger partial charge in [-0.15, -0.1) is 0 Å². The predicted molar refractivity (Wildman–Crippen MR) is 171 cm³/mol. The molecule has 3 amide bonds. The number of hydrogen-bond acceptors (Lipinski definition) is 7. The fourth-order valence-corrected chi connectivity index (χ4v) is 5.75. The molecule has 3 aromatic heterocycles. The molecule has 6 rings (SSSR count). The molecule has 0 saturated heterocycles. The largest absolute Gasteiger partial charge is 0.433 e. The van der Waals surface area contributed by atoms with E-state index in [-0.39, 0.29) is 25.2 Å². The summed E-state index contributed by atoms with van der Waals surface area (Å²) in [5, 5.41) is 13.8. The Hall–Kier alpha value is -6.19. The maximum absolute atomic E-state index is 14.3. The van der Waals surface area contributed by atoms with Gasteiger partial charge in [0.25, 0.3) is 11.8 Å². The summed E-state index contributed by atoms with van der Waals surface area (Å²) in [7, 11) is 0. The molecular weight excluding hydrogens is 658 g/mol. The van der Waals surface area contributed by atoms with Gasteiger partial charge in [-0.3, -0.25) is 24.0 Å². The van der Waals surface area contributed by atoms with E-state index >= 15 is 0 Å². The standard InChI is InChI=1S/C34H29F4N9O3/c1-3-46-32-25(17-42-47(32)24-10-5-4-6-11-24)27(28(33(46)50)44-31(49)29-39-13-12-26(43-29)34(36,37)38)22-9-7-8-21(14-22)15-40-30(48)20(2)18-45-19-23(35)16-41-45/h4-14,16-17,19,27-28H,2-3,15,18H2,1H3,(H,40,48)(H,44,49)/t27-,28+/m1/s1. The number of nitrogens with one attached hydrogen (secondary N) is 2. The van der Waals surface area contributed by atoms with Crippen LogP contribution in [0.15, 0.2) is 97.6 Å². The quantitative estimate of drug-likeness (QED) is 0.166. The molecule has 0 bridgehead atoms. The van der Waals surface area contributed by atoms with E-state index in [1.807, 2.05) is 30.3 Å². The highest BCUT2D eigenvalue weighted by Crippen LogP contribution is 2.41. The van der Waals surface area contributed by atoms with Gasteiger partial charge < -0.3 is 10.6 Å². The Labute approximate surface area is 282 Å². The molecule has 2 aromatic carbocycles. The Morgan fingerprint density at radius 1 is 1.02 bits per heavy atom. The van der Waals surface area contributed by atoms with Crippen LogP contribution in [0.1, 0.15) is 45.8 Å². The summed E-state index contributed by atoms with van der Waals surface area (Å²) in [5.74, 6) is -3.81. The first-order valence-corrected chi connectivity index (χ1v) is 15.3. The molecule has 0 spiro atoms. The number of likely N-dealkylation sites (N-methyl/N-ethyl adjacent to an activating group) is 1. The van der Waals surface area contributed by atoms with Crippen molar-refractivity contribution in [1.29, 1.82) is 0 Å². The van der Waals surface area contributed by atoms with E-state index in [2.05, 4.69) is 37.4 Å². The van der Waals surface area contributed by atoms with Crippen molar-refractivity contribution in [3.8, 4) is 5.69 Å². The van der Waals surface area contributed by atoms with Crippen molar-refractivity contribution >= 4 is 23.5 Å². The second-order valence-corrected chi connectivity index (χ2v) is 11.3.